The van der Waals surface area contributed by atoms with Crippen LogP contribution in [0.2, 0.25) is 0 Å². The summed E-state index contributed by atoms with van der Waals surface area (Å²) in [6.45, 7) is 5.02. The summed E-state index contributed by atoms with van der Waals surface area (Å²) < 4.78 is 5.30. The lowest BCUT2D eigenvalue weighted by Crippen LogP contribution is -2.45. The van der Waals surface area contributed by atoms with Crippen LogP contribution in [0.25, 0.3) is 0 Å². The number of anilines is 1. The van der Waals surface area contributed by atoms with Crippen LogP contribution in [-0.2, 0) is 16.0 Å². The maximum Gasteiger partial charge on any atom is 0.239 e. The first-order valence-electron chi connectivity index (χ1n) is 9.08. The normalized spacial score (nSPS) is 10.9. The van der Waals surface area contributed by atoms with E-state index < -0.39 is 11.3 Å². The number of para-hydroxylation sites is 1. The summed E-state index contributed by atoms with van der Waals surface area (Å²) in [5.41, 5.74) is 0.828. The Morgan fingerprint density at radius 3 is 2.21 bits per heavy atom. The molecule has 0 heterocycles. The number of ketones is 1. The Morgan fingerprint density at radius 1 is 0.964 bits per heavy atom. The van der Waals surface area contributed by atoms with E-state index in [1.807, 2.05) is 24.3 Å². The maximum absolute atomic E-state index is 12.6. The van der Waals surface area contributed by atoms with Gasteiger partial charge in [-0.25, -0.2) is 0 Å². The third kappa shape index (κ3) is 5.19. The first kappa shape index (κ1) is 21.2. The molecule has 0 fully saturated rings. The van der Waals surface area contributed by atoms with Gasteiger partial charge in [-0.1, -0.05) is 18.2 Å². The number of benzene rings is 2. The van der Waals surface area contributed by atoms with E-state index in [0.29, 0.717) is 24.2 Å². The zero-order valence-electron chi connectivity index (χ0n) is 16.7. The Morgan fingerprint density at radius 2 is 1.61 bits per heavy atom. The smallest absolute Gasteiger partial charge is 0.239 e. The van der Waals surface area contributed by atoms with Gasteiger partial charge in [0.25, 0.3) is 0 Å². The molecule has 0 spiro atoms. The first-order valence-corrected chi connectivity index (χ1v) is 9.08. The standard InChI is InChI=1S/C22H26N2O4/c1-15(25)16-9-11-18(12-10-16)24-21(27)22(2,3)20(26)23-14-13-17-7-5-6-8-19(17)28-4/h5-12H,13-14H2,1-4H3,(H,23,26)(H,24,27). The van der Waals surface area contributed by atoms with Crippen LogP contribution in [0.15, 0.2) is 48.5 Å². The Kier molecular flexibility index (Phi) is 6.93. The van der Waals surface area contributed by atoms with Gasteiger partial charge in [-0.05, 0) is 63.1 Å². The zero-order valence-corrected chi connectivity index (χ0v) is 16.7. The lowest BCUT2D eigenvalue weighted by molar-refractivity contribution is -0.138. The topological polar surface area (TPSA) is 84.5 Å². The molecule has 0 aromatic heterocycles. The van der Waals surface area contributed by atoms with E-state index in [2.05, 4.69) is 10.6 Å². The Balaban J connectivity index is 1.93. The molecule has 2 aromatic rings. The minimum Gasteiger partial charge on any atom is -0.496 e. The summed E-state index contributed by atoms with van der Waals surface area (Å²) >= 11 is 0. The van der Waals surface area contributed by atoms with Crippen molar-refractivity contribution in [2.75, 3.05) is 19.0 Å². The van der Waals surface area contributed by atoms with Crippen molar-refractivity contribution in [2.45, 2.75) is 27.2 Å². The number of amides is 2. The molecule has 0 aliphatic carbocycles. The van der Waals surface area contributed by atoms with Crippen molar-refractivity contribution < 1.29 is 19.1 Å². The van der Waals surface area contributed by atoms with Crippen molar-refractivity contribution in [1.29, 1.82) is 0 Å². The van der Waals surface area contributed by atoms with Gasteiger partial charge in [0.15, 0.2) is 5.78 Å². The average molecular weight is 382 g/mol. The summed E-state index contributed by atoms with van der Waals surface area (Å²) in [5, 5.41) is 5.54. The summed E-state index contributed by atoms with van der Waals surface area (Å²) in [6, 6.07) is 14.2. The zero-order chi connectivity index (χ0) is 20.7. The molecular weight excluding hydrogens is 356 g/mol. The maximum atomic E-state index is 12.6. The number of hydrogen-bond donors (Lipinski definition) is 2. The molecular formula is C22H26N2O4. The summed E-state index contributed by atoms with van der Waals surface area (Å²) in [7, 11) is 1.60. The number of methoxy groups -OCH3 is 1. The quantitative estimate of drug-likeness (QED) is 0.542. The summed E-state index contributed by atoms with van der Waals surface area (Å²) in [5.74, 6) is -0.0616. The van der Waals surface area contributed by atoms with Crippen LogP contribution in [0.1, 0.15) is 36.7 Å². The number of carbonyl (C=O) groups excluding carboxylic acids is 3. The molecule has 2 N–H and O–H groups in total. The highest BCUT2D eigenvalue weighted by molar-refractivity contribution is 6.10. The largest absolute Gasteiger partial charge is 0.496 e. The van der Waals surface area contributed by atoms with Crippen molar-refractivity contribution in [2.24, 2.45) is 5.41 Å². The lowest BCUT2D eigenvalue weighted by Gasteiger charge is -2.23. The second-order valence-corrected chi connectivity index (χ2v) is 7.03. The fourth-order valence-electron chi connectivity index (χ4n) is 2.62. The van der Waals surface area contributed by atoms with Crippen LogP contribution in [-0.4, -0.2) is 31.3 Å². The van der Waals surface area contributed by atoms with Crippen molar-refractivity contribution in [3.63, 3.8) is 0 Å². The Labute approximate surface area is 165 Å². The second kappa shape index (κ2) is 9.17. The Hall–Kier alpha value is -3.15. The van der Waals surface area contributed by atoms with E-state index in [-0.39, 0.29) is 11.7 Å². The van der Waals surface area contributed by atoms with Crippen LogP contribution in [0.3, 0.4) is 0 Å². The molecule has 0 aliphatic rings. The number of Topliss-reactive ketones (excluding diaryl/α,β-unsaturated/α-hetero) is 1. The van der Waals surface area contributed by atoms with Gasteiger partial charge in [0.05, 0.1) is 7.11 Å². The van der Waals surface area contributed by atoms with Gasteiger partial charge < -0.3 is 15.4 Å². The van der Waals surface area contributed by atoms with E-state index in [0.717, 1.165) is 11.3 Å². The monoisotopic (exact) mass is 382 g/mol. The van der Waals surface area contributed by atoms with E-state index in [9.17, 15) is 14.4 Å². The molecule has 28 heavy (non-hydrogen) atoms. The highest BCUT2D eigenvalue weighted by Gasteiger charge is 2.35. The number of hydrogen-bond acceptors (Lipinski definition) is 4. The molecule has 0 saturated heterocycles. The lowest BCUT2D eigenvalue weighted by atomic mass is 9.90. The molecule has 0 radical (unpaired) electrons. The fraction of sp³-hybridized carbons (Fsp3) is 0.318. The average Bonchev–Trinajstić information content (AvgIpc) is 2.68. The number of rotatable bonds is 8. The minimum absolute atomic E-state index is 0.0485. The van der Waals surface area contributed by atoms with Crippen molar-refractivity contribution >= 4 is 23.3 Å². The van der Waals surface area contributed by atoms with Gasteiger partial charge in [0, 0.05) is 17.8 Å². The molecule has 0 aliphatic heterocycles. The van der Waals surface area contributed by atoms with Crippen molar-refractivity contribution in [1.82, 2.24) is 5.32 Å². The SMILES string of the molecule is COc1ccccc1CCNC(=O)C(C)(C)C(=O)Nc1ccc(C(C)=O)cc1. The van der Waals surface area contributed by atoms with E-state index >= 15 is 0 Å². The highest BCUT2D eigenvalue weighted by Crippen LogP contribution is 2.20. The van der Waals surface area contributed by atoms with Gasteiger partial charge in [-0.3, -0.25) is 14.4 Å². The van der Waals surface area contributed by atoms with Crippen molar-refractivity contribution in [3.05, 3.63) is 59.7 Å². The highest BCUT2D eigenvalue weighted by atomic mass is 16.5. The molecule has 2 aromatic carbocycles. The molecule has 6 nitrogen and oxygen atoms in total. The van der Waals surface area contributed by atoms with Crippen LogP contribution in [0.5, 0.6) is 5.75 Å². The fourth-order valence-corrected chi connectivity index (χ4v) is 2.62. The van der Waals surface area contributed by atoms with Gasteiger partial charge in [0.2, 0.25) is 11.8 Å². The molecule has 0 atom stereocenters. The third-order valence-corrected chi connectivity index (χ3v) is 4.56. The summed E-state index contributed by atoms with van der Waals surface area (Å²) in [4.78, 5) is 36.4. The van der Waals surface area contributed by atoms with Gasteiger partial charge in [0.1, 0.15) is 11.2 Å². The van der Waals surface area contributed by atoms with E-state index in [1.165, 1.54) is 6.92 Å². The van der Waals surface area contributed by atoms with Gasteiger partial charge in [-0.2, -0.15) is 0 Å². The number of nitrogens with one attached hydrogen (secondary N) is 2. The Bertz CT molecular complexity index is 857. The molecule has 0 unspecified atom stereocenters. The predicted octanol–water partition coefficient (Wildman–Crippen LogP) is 3.22. The minimum atomic E-state index is -1.25. The van der Waals surface area contributed by atoms with Crippen LogP contribution in [0.4, 0.5) is 5.69 Å². The summed E-state index contributed by atoms with van der Waals surface area (Å²) in [6.07, 6.45) is 0.597. The van der Waals surface area contributed by atoms with Crippen LogP contribution < -0.4 is 15.4 Å². The van der Waals surface area contributed by atoms with Crippen LogP contribution >= 0.6 is 0 Å². The van der Waals surface area contributed by atoms with Gasteiger partial charge >= 0.3 is 0 Å². The second-order valence-electron chi connectivity index (χ2n) is 7.03. The third-order valence-electron chi connectivity index (χ3n) is 4.56. The van der Waals surface area contributed by atoms with Gasteiger partial charge in [-0.15, -0.1) is 0 Å². The predicted molar refractivity (Wildman–Crippen MR) is 109 cm³/mol. The molecule has 0 bridgehead atoms. The molecule has 6 heteroatoms. The van der Waals surface area contributed by atoms with Crippen LogP contribution in [0, 0.1) is 5.41 Å². The van der Waals surface area contributed by atoms with E-state index in [1.54, 1.807) is 45.2 Å². The molecule has 2 amide bonds. The number of carbonyl (C=O) groups is 3. The molecule has 2 rings (SSSR count). The first-order chi connectivity index (χ1) is 13.3. The molecule has 148 valence electrons. The number of ether oxygens (including phenoxy) is 1. The molecule has 0 saturated carbocycles. The van der Waals surface area contributed by atoms with E-state index in [4.69, 9.17) is 4.74 Å². The van der Waals surface area contributed by atoms with Crippen molar-refractivity contribution in [3.8, 4) is 5.75 Å².